The van der Waals surface area contributed by atoms with Crippen LogP contribution in [0.15, 0.2) is 30.4 Å². The monoisotopic (exact) mass is 330 g/mol. The molecule has 118 valence electrons. The lowest BCUT2D eigenvalue weighted by atomic mass is 10.1. The maximum atomic E-state index is 12.3. The van der Waals surface area contributed by atoms with Crippen LogP contribution in [0.25, 0.3) is 16.9 Å². The lowest BCUT2D eigenvalue weighted by Gasteiger charge is -2.14. The molecule has 2 aliphatic rings. The van der Waals surface area contributed by atoms with Crippen molar-refractivity contribution >= 4 is 40.3 Å². The summed E-state index contributed by atoms with van der Waals surface area (Å²) in [4.78, 5) is 21.1. The second kappa shape index (κ2) is 5.79. The number of carbonyl (C=O) groups excluding carboxylic acids is 1. The van der Waals surface area contributed by atoms with E-state index in [1.54, 1.807) is 12.1 Å². The Bertz CT molecular complexity index is 834. The first-order chi connectivity index (χ1) is 11.2. The first kappa shape index (κ1) is 14.4. The predicted octanol–water partition coefficient (Wildman–Crippen LogP) is 2.86. The zero-order valence-electron chi connectivity index (χ0n) is 12.3. The average Bonchev–Trinajstić information content (AvgIpc) is 3.07. The van der Waals surface area contributed by atoms with Gasteiger partial charge in [-0.15, -0.1) is 0 Å². The van der Waals surface area contributed by atoms with Crippen LogP contribution in [0.4, 0.5) is 5.95 Å². The van der Waals surface area contributed by atoms with Gasteiger partial charge in [0.05, 0.1) is 5.70 Å². The summed E-state index contributed by atoms with van der Waals surface area (Å²) in [6, 6.07) is 3.48. The van der Waals surface area contributed by atoms with Crippen molar-refractivity contribution in [3.8, 4) is 0 Å². The van der Waals surface area contributed by atoms with E-state index >= 15 is 0 Å². The number of imidazole rings is 1. The minimum absolute atomic E-state index is 0.0629. The smallest absolute Gasteiger partial charge is 0.227 e. The van der Waals surface area contributed by atoms with Crippen molar-refractivity contribution in [2.75, 3.05) is 18.5 Å². The lowest BCUT2D eigenvalue weighted by Crippen LogP contribution is -2.19. The van der Waals surface area contributed by atoms with Crippen LogP contribution in [0.1, 0.15) is 12.8 Å². The maximum Gasteiger partial charge on any atom is 0.227 e. The molecule has 0 saturated carbocycles. The van der Waals surface area contributed by atoms with Gasteiger partial charge in [0.25, 0.3) is 0 Å². The van der Waals surface area contributed by atoms with Gasteiger partial charge in [-0.05, 0) is 36.6 Å². The number of anilines is 1. The van der Waals surface area contributed by atoms with E-state index in [9.17, 15) is 4.79 Å². The van der Waals surface area contributed by atoms with E-state index in [4.69, 9.17) is 16.3 Å². The molecule has 3 heterocycles. The van der Waals surface area contributed by atoms with E-state index in [1.165, 1.54) is 0 Å². The van der Waals surface area contributed by atoms with Crippen molar-refractivity contribution in [2.45, 2.75) is 12.8 Å². The summed E-state index contributed by atoms with van der Waals surface area (Å²) in [6.07, 6.45) is 7.16. The predicted molar refractivity (Wildman–Crippen MR) is 88.1 cm³/mol. The molecule has 23 heavy (non-hydrogen) atoms. The van der Waals surface area contributed by atoms with Gasteiger partial charge in [-0.3, -0.25) is 14.7 Å². The van der Waals surface area contributed by atoms with Crippen molar-refractivity contribution in [3.05, 3.63) is 35.5 Å². The molecule has 0 bridgehead atoms. The molecule has 0 spiro atoms. The van der Waals surface area contributed by atoms with Crippen LogP contribution in [0.3, 0.4) is 0 Å². The number of nitrogens with one attached hydrogen (secondary N) is 1. The summed E-state index contributed by atoms with van der Waals surface area (Å²) >= 11 is 5.99. The van der Waals surface area contributed by atoms with E-state index in [0.717, 1.165) is 18.7 Å². The van der Waals surface area contributed by atoms with E-state index < -0.39 is 0 Å². The summed E-state index contributed by atoms with van der Waals surface area (Å²) in [5, 5.41) is 3.29. The zero-order chi connectivity index (χ0) is 15.8. The summed E-state index contributed by atoms with van der Waals surface area (Å²) in [5.41, 5.74) is 2.24. The molecule has 1 N–H and O–H groups in total. The molecule has 0 radical (unpaired) electrons. The van der Waals surface area contributed by atoms with Crippen LogP contribution in [-0.4, -0.2) is 33.7 Å². The van der Waals surface area contributed by atoms with Crippen LogP contribution in [0.2, 0.25) is 5.15 Å². The van der Waals surface area contributed by atoms with Gasteiger partial charge >= 0.3 is 0 Å². The van der Waals surface area contributed by atoms with Crippen molar-refractivity contribution < 1.29 is 9.53 Å². The quantitative estimate of drug-likeness (QED) is 0.875. The first-order valence-corrected chi connectivity index (χ1v) is 7.90. The molecule has 1 atom stereocenters. The van der Waals surface area contributed by atoms with Gasteiger partial charge in [0, 0.05) is 19.6 Å². The Morgan fingerprint density at radius 2 is 2.30 bits per heavy atom. The van der Waals surface area contributed by atoms with Gasteiger partial charge in [-0.25, -0.2) is 9.97 Å². The molecular formula is C16H15ClN4O2. The number of nitrogens with zero attached hydrogens (tertiary/aromatic N) is 3. The lowest BCUT2D eigenvalue weighted by molar-refractivity contribution is -0.117. The van der Waals surface area contributed by atoms with Crippen LogP contribution in [-0.2, 0) is 9.53 Å². The van der Waals surface area contributed by atoms with Crippen molar-refractivity contribution in [1.29, 1.82) is 0 Å². The van der Waals surface area contributed by atoms with E-state index in [0.29, 0.717) is 35.3 Å². The number of halogens is 1. The zero-order valence-corrected chi connectivity index (χ0v) is 13.1. The van der Waals surface area contributed by atoms with E-state index in [-0.39, 0.29) is 11.8 Å². The largest absolute Gasteiger partial charge is 0.381 e. The number of hydrogen-bond acceptors (Lipinski definition) is 4. The molecule has 1 aliphatic heterocycles. The minimum atomic E-state index is -0.0629. The fourth-order valence-electron chi connectivity index (χ4n) is 2.78. The Hall–Kier alpha value is -2.18. The molecule has 4 rings (SSSR count). The molecule has 6 nitrogen and oxygen atoms in total. The maximum absolute atomic E-state index is 12.3. The number of pyridine rings is 1. The molecule has 1 unspecified atom stereocenters. The Labute approximate surface area is 137 Å². The SMILES string of the molecule is O=C(CC1CCOC1)Nc1nc2ccc(Cl)nc2n1C1=CC=C1. The van der Waals surface area contributed by atoms with Crippen molar-refractivity contribution in [3.63, 3.8) is 0 Å². The Morgan fingerprint density at radius 3 is 3.00 bits per heavy atom. The number of aromatic nitrogens is 3. The number of carbonyl (C=O) groups is 1. The highest BCUT2D eigenvalue weighted by Crippen LogP contribution is 2.28. The molecule has 1 saturated heterocycles. The third kappa shape index (κ3) is 2.75. The molecule has 0 aromatic carbocycles. The Kier molecular flexibility index (Phi) is 3.63. The highest BCUT2D eigenvalue weighted by molar-refractivity contribution is 6.29. The normalized spacial score (nSPS) is 19.7. The standard InChI is InChI=1S/C16H15ClN4O2/c17-13-5-4-12-15(19-13)21(11-2-1-3-11)16(18-12)20-14(22)8-10-6-7-23-9-10/h1-5,10H,6-9H2,(H,18,20,22). The van der Waals surface area contributed by atoms with Gasteiger partial charge in [0.1, 0.15) is 10.7 Å². The van der Waals surface area contributed by atoms with Gasteiger partial charge in [0.2, 0.25) is 11.9 Å². The van der Waals surface area contributed by atoms with Gasteiger partial charge < -0.3 is 4.74 Å². The number of ether oxygens (including phenoxy) is 1. The molecule has 2 aromatic rings. The Morgan fingerprint density at radius 1 is 1.43 bits per heavy atom. The fourth-order valence-corrected chi connectivity index (χ4v) is 2.92. The molecule has 1 amide bonds. The topological polar surface area (TPSA) is 69.0 Å². The third-order valence-electron chi connectivity index (χ3n) is 4.01. The molecule has 1 aliphatic carbocycles. The summed E-state index contributed by atoms with van der Waals surface area (Å²) in [7, 11) is 0. The van der Waals surface area contributed by atoms with Gasteiger partial charge in [-0.2, -0.15) is 0 Å². The average molecular weight is 331 g/mol. The molecular weight excluding hydrogens is 316 g/mol. The number of hydrogen-bond donors (Lipinski definition) is 1. The van der Waals surface area contributed by atoms with E-state index in [2.05, 4.69) is 15.3 Å². The van der Waals surface area contributed by atoms with Gasteiger partial charge in [0.15, 0.2) is 5.65 Å². The van der Waals surface area contributed by atoms with Crippen molar-refractivity contribution in [1.82, 2.24) is 14.5 Å². The molecule has 7 heteroatoms. The van der Waals surface area contributed by atoms with Crippen LogP contribution in [0.5, 0.6) is 0 Å². The fraction of sp³-hybridized carbons (Fsp3) is 0.312. The van der Waals surface area contributed by atoms with Crippen LogP contribution < -0.4 is 5.32 Å². The van der Waals surface area contributed by atoms with Crippen LogP contribution in [0, 0.1) is 5.92 Å². The minimum Gasteiger partial charge on any atom is -0.381 e. The molecule has 1 fully saturated rings. The van der Waals surface area contributed by atoms with E-state index in [1.807, 2.05) is 22.8 Å². The second-order valence-corrected chi connectivity index (χ2v) is 6.07. The van der Waals surface area contributed by atoms with Crippen LogP contribution >= 0.6 is 11.6 Å². The third-order valence-corrected chi connectivity index (χ3v) is 4.22. The van der Waals surface area contributed by atoms with Gasteiger partial charge in [-0.1, -0.05) is 17.7 Å². The first-order valence-electron chi connectivity index (χ1n) is 7.52. The summed E-state index contributed by atoms with van der Waals surface area (Å²) in [5.74, 6) is 0.685. The number of fused-ring (bicyclic) bond motifs is 1. The Balaban J connectivity index is 1.64. The highest BCUT2D eigenvalue weighted by atomic mass is 35.5. The number of allylic oxidation sites excluding steroid dienone is 4. The summed E-state index contributed by atoms with van der Waals surface area (Å²) < 4.78 is 7.12. The summed E-state index contributed by atoms with van der Waals surface area (Å²) in [6.45, 7) is 1.38. The highest BCUT2D eigenvalue weighted by Gasteiger charge is 2.22. The molecule has 2 aromatic heterocycles. The second-order valence-electron chi connectivity index (χ2n) is 5.68. The number of amides is 1. The van der Waals surface area contributed by atoms with Crippen molar-refractivity contribution in [2.24, 2.45) is 5.92 Å². The number of rotatable bonds is 4.